The molecule has 0 amide bonds. The van der Waals surface area contributed by atoms with Gasteiger partial charge in [0, 0.05) is 5.39 Å². The van der Waals surface area contributed by atoms with Crippen molar-refractivity contribution in [3.8, 4) is 12.1 Å². The third-order valence-electron chi connectivity index (χ3n) is 2.32. The molecular weight excluding hydrogens is 186 g/mol. The van der Waals surface area contributed by atoms with Gasteiger partial charge in [-0.1, -0.05) is 24.3 Å². The zero-order valence-electron chi connectivity index (χ0n) is 7.86. The van der Waals surface area contributed by atoms with Crippen molar-refractivity contribution in [2.75, 3.05) is 5.73 Å². The second-order valence-electron chi connectivity index (χ2n) is 3.16. The van der Waals surface area contributed by atoms with Crippen LogP contribution in [0.25, 0.3) is 10.8 Å². The van der Waals surface area contributed by atoms with E-state index in [4.69, 9.17) is 16.3 Å². The largest absolute Gasteiger partial charge is 0.397 e. The lowest BCUT2D eigenvalue weighted by atomic mass is 10.00. The predicted molar refractivity (Wildman–Crippen MR) is 57.8 cm³/mol. The maximum atomic E-state index is 9.00. The van der Waals surface area contributed by atoms with Crippen molar-refractivity contribution in [1.29, 1.82) is 10.5 Å². The summed E-state index contributed by atoms with van der Waals surface area (Å²) < 4.78 is 0. The van der Waals surface area contributed by atoms with Gasteiger partial charge in [0.05, 0.1) is 16.8 Å². The normalized spacial score (nSPS) is 9.47. The second kappa shape index (κ2) is 3.32. The van der Waals surface area contributed by atoms with Crippen LogP contribution in [0.5, 0.6) is 0 Å². The van der Waals surface area contributed by atoms with Gasteiger partial charge in [-0.15, -0.1) is 0 Å². The van der Waals surface area contributed by atoms with Crippen molar-refractivity contribution >= 4 is 16.5 Å². The molecule has 70 valence electrons. The van der Waals surface area contributed by atoms with E-state index in [2.05, 4.69) is 0 Å². The molecule has 0 fully saturated rings. The van der Waals surface area contributed by atoms with E-state index in [1.807, 2.05) is 36.4 Å². The summed E-state index contributed by atoms with van der Waals surface area (Å²) in [5.74, 6) is 0. The summed E-state index contributed by atoms with van der Waals surface area (Å²) in [6.45, 7) is 0. The Labute approximate surface area is 87.0 Å². The van der Waals surface area contributed by atoms with Gasteiger partial charge in [0.2, 0.25) is 0 Å². The molecule has 0 saturated carbocycles. The van der Waals surface area contributed by atoms with Gasteiger partial charge in [-0.3, -0.25) is 0 Å². The minimum absolute atomic E-state index is 0.263. The van der Waals surface area contributed by atoms with E-state index >= 15 is 0 Å². The molecule has 3 heteroatoms. The van der Waals surface area contributed by atoms with Crippen molar-refractivity contribution in [1.82, 2.24) is 0 Å². The molecule has 0 saturated heterocycles. The third-order valence-corrected chi connectivity index (χ3v) is 2.32. The van der Waals surface area contributed by atoms with Crippen molar-refractivity contribution in [2.24, 2.45) is 0 Å². The smallest absolute Gasteiger partial charge is 0.102 e. The van der Waals surface area contributed by atoms with E-state index in [0.29, 0.717) is 11.1 Å². The molecule has 2 N–H and O–H groups in total. The number of nitrogen functional groups attached to an aromatic ring is 1. The Kier molecular flexibility index (Phi) is 2.00. The fourth-order valence-electron chi connectivity index (χ4n) is 1.58. The number of fused-ring (bicyclic) bond motifs is 1. The molecule has 0 unspecified atom stereocenters. The number of anilines is 1. The maximum Gasteiger partial charge on any atom is 0.102 e. The molecule has 0 aliphatic heterocycles. The Balaban J connectivity index is 2.99. The van der Waals surface area contributed by atoms with Gasteiger partial charge >= 0.3 is 0 Å². The summed E-state index contributed by atoms with van der Waals surface area (Å²) in [4.78, 5) is 0. The van der Waals surface area contributed by atoms with Crippen LogP contribution >= 0.6 is 0 Å². The molecule has 0 bridgehead atoms. The first-order chi connectivity index (χ1) is 7.27. The van der Waals surface area contributed by atoms with Gasteiger partial charge < -0.3 is 5.73 Å². The molecule has 3 nitrogen and oxygen atoms in total. The fourth-order valence-corrected chi connectivity index (χ4v) is 1.58. The third kappa shape index (κ3) is 1.27. The highest BCUT2D eigenvalue weighted by Crippen LogP contribution is 2.26. The molecular formula is C12H7N3. The van der Waals surface area contributed by atoms with Gasteiger partial charge in [0.1, 0.15) is 12.1 Å². The molecule has 0 aliphatic rings. The summed E-state index contributed by atoms with van der Waals surface area (Å²) in [7, 11) is 0. The molecule has 0 spiro atoms. The number of benzene rings is 2. The number of nitrogens with zero attached hydrogens (tertiary/aromatic N) is 2. The van der Waals surface area contributed by atoms with E-state index in [1.165, 1.54) is 0 Å². The van der Waals surface area contributed by atoms with Crippen molar-refractivity contribution in [3.05, 3.63) is 41.5 Å². The van der Waals surface area contributed by atoms with E-state index in [0.717, 1.165) is 10.8 Å². The first-order valence-electron chi connectivity index (χ1n) is 4.39. The lowest BCUT2D eigenvalue weighted by Crippen LogP contribution is -1.95. The van der Waals surface area contributed by atoms with Crippen LogP contribution < -0.4 is 5.73 Å². The molecule has 0 atom stereocenters. The van der Waals surface area contributed by atoms with Crippen molar-refractivity contribution < 1.29 is 0 Å². The van der Waals surface area contributed by atoms with Crippen molar-refractivity contribution in [3.63, 3.8) is 0 Å². The summed E-state index contributed by atoms with van der Waals surface area (Å²) >= 11 is 0. The van der Waals surface area contributed by atoms with Crippen LogP contribution in [0, 0.1) is 22.7 Å². The van der Waals surface area contributed by atoms with Crippen LogP contribution in [-0.2, 0) is 0 Å². The van der Waals surface area contributed by atoms with Gasteiger partial charge in [-0.2, -0.15) is 10.5 Å². The summed E-state index contributed by atoms with van der Waals surface area (Å²) in [6.07, 6.45) is 0. The summed E-state index contributed by atoms with van der Waals surface area (Å²) in [6, 6.07) is 13.1. The monoisotopic (exact) mass is 193 g/mol. The van der Waals surface area contributed by atoms with Crippen LogP contribution in [0.1, 0.15) is 11.1 Å². The quantitative estimate of drug-likeness (QED) is 0.651. The summed E-state index contributed by atoms with van der Waals surface area (Å²) in [5.41, 5.74) is 6.72. The van der Waals surface area contributed by atoms with Gasteiger partial charge in [-0.05, 0) is 11.5 Å². The molecule has 0 radical (unpaired) electrons. The minimum Gasteiger partial charge on any atom is -0.397 e. The molecule has 2 rings (SSSR count). The van der Waals surface area contributed by atoms with Gasteiger partial charge in [0.15, 0.2) is 0 Å². The highest BCUT2D eigenvalue weighted by molar-refractivity contribution is 5.94. The van der Waals surface area contributed by atoms with Crippen LogP contribution in [0.15, 0.2) is 30.3 Å². The van der Waals surface area contributed by atoms with Gasteiger partial charge in [-0.25, -0.2) is 0 Å². The van der Waals surface area contributed by atoms with E-state index in [1.54, 1.807) is 6.07 Å². The molecule has 0 aliphatic carbocycles. The molecule has 2 aromatic carbocycles. The first kappa shape index (κ1) is 9.05. The standard InChI is InChI=1S/C12H7N3/c13-6-9-5-8-3-1-2-4-10(8)11(7-14)12(9)15/h1-5H,15H2. The zero-order valence-corrected chi connectivity index (χ0v) is 7.86. The predicted octanol–water partition coefficient (Wildman–Crippen LogP) is 2.17. The van der Waals surface area contributed by atoms with Crippen LogP contribution in [0.2, 0.25) is 0 Å². The van der Waals surface area contributed by atoms with E-state index in [-0.39, 0.29) is 5.69 Å². The summed E-state index contributed by atoms with van der Waals surface area (Å²) in [5, 5.41) is 19.5. The topological polar surface area (TPSA) is 73.6 Å². The number of nitriles is 2. The number of hydrogen-bond acceptors (Lipinski definition) is 3. The zero-order chi connectivity index (χ0) is 10.8. The van der Waals surface area contributed by atoms with E-state index in [9.17, 15) is 0 Å². The minimum atomic E-state index is 0.263. The SMILES string of the molecule is N#Cc1cc2ccccc2c(C#N)c1N. The van der Waals surface area contributed by atoms with E-state index < -0.39 is 0 Å². The fraction of sp³-hybridized carbons (Fsp3) is 0. The lowest BCUT2D eigenvalue weighted by Gasteiger charge is -2.04. The average Bonchev–Trinajstić information content (AvgIpc) is 2.28. The maximum absolute atomic E-state index is 9.00. The Morgan fingerprint density at radius 3 is 2.47 bits per heavy atom. The lowest BCUT2D eigenvalue weighted by molar-refractivity contribution is 1.47. The van der Waals surface area contributed by atoms with Gasteiger partial charge in [0.25, 0.3) is 0 Å². The number of rotatable bonds is 0. The Morgan fingerprint density at radius 1 is 1.07 bits per heavy atom. The Hall–Kier alpha value is -2.52. The number of hydrogen-bond donors (Lipinski definition) is 1. The first-order valence-corrected chi connectivity index (χ1v) is 4.39. The molecule has 0 heterocycles. The van der Waals surface area contributed by atoms with Crippen LogP contribution in [0.4, 0.5) is 5.69 Å². The highest BCUT2D eigenvalue weighted by atomic mass is 14.6. The Bertz CT molecular complexity index is 615. The van der Waals surface area contributed by atoms with Crippen LogP contribution in [0.3, 0.4) is 0 Å². The molecule has 0 aromatic heterocycles. The van der Waals surface area contributed by atoms with Crippen molar-refractivity contribution in [2.45, 2.75) is 0 Å². The Morgan fingerprint density at radius 2 is 1.80 bits per heavy atom. The molecule has 15 heavy (non-hydrogen) atoms. The second-order valence-corrected chi connectivity index (χ2v) is 3.16. The number of nitrogens with two attached hydrogens (primary N) is 1. The molecule has 2 aromatic rings. The van der Waals surface area contributed by atoms with Crippen LogP contribution in [-0.4, -0.2) is 0 Å². The highest BCUT2D eigenvalue weighted by Gasteiger charge is 2.09. The average molecular weight is 193 g/mol.